The first-order valence-electron chi connectivity index (χ1n) is 4.74. The largest absolute Gasteiger partial charge is 0.481 e. The third-order valence-electron chi connectivity index (χ3n) is 1.94. The number of unbranched alkanes of at least 4 members (excludes halogenated alkanes) is 1. The summed E-state index contributed by atoms with van der Waals surface area (Å²) in [5.41, 5.74) is 0. The van der Waals surface area contributed by atoms with Crippen LogP contribution in [0.15, 0.2) is 0 Å². The summed E-state index contributed by atoms with van der Waals surface area (Å²) in [7, 11) is 1.72. The van der Waals surface area contributed by atoms with Crippen molar-refractivity contribution in [3.8, 4) is 0 Å². The van der Waals surface area contributed by atoms with Gasteiger partial charge in [0.2, 0.25) is 5.91 Å². The normalized spacial score (nSPS) is 12.1. The molecule has 0 bridgehead atoms. The third-order valence-corrected chi connectivity index (χ3v) is 1.94. The number of aliphatic carboxylic acids is 1. The topological polar surface area (TPSA) is 78.4 Å². The molecule has 0 aliphatic carbocycles. The second-order valence-corrected chi connectivity index (χ2v) is 3.15. The molecule has 0 saturated carbocycles. The summed E-state index contributed by atoms with van der Waals surface area (Å²) in [6.45, 7) is 2.31. The Bertz CT molecular complexity index is 194. The number of rotatable bonds is 7. The van der Waals surface area contributed by atoms with Crippen LogP contribution >= 0.6 is 0 Å². The summed E-state index contributed by atoms with van der Waals surface area (Å²) >= 11 is 0. The first-order valence-corrected chi connectivity index (χ1v) is 4.74. The van der Waals surface area contributed by atoms with Gasteiger partial charge >= 0.3 is 5.97 Å². The van der Waals surface area contributed by atoms with E-state index in [0.29, 0.717) is 19.4 Å². The quantitative estimate of drug-likeness (QED) is 0.506. The Morgan fingerprint density at radius 3 is 2.50 bits per heavy atom. The molecule has 14 heavy (non-hydrogen) atoms. The van der Waals surface area contributed by atoms with Crippen molar-refractivity contribution >= 4 is 11.9 Å². The van der Waals surface area contributed by atoms with Crippen LogP contribution in [0.5, 0.6) is 0 Å². The van der Waals surface area contributed by atoms with E-state index < -0.39 is 5.97 Å². The molecule has 3 N–H and O–H groups in total. The van der Waals surface area contributed by atoms with E-state index in [9.17, 15) is 9.59 Å². The number of amides is 1. The lowest BCUT2D eigenvalue weighted by Gasteiger charge is -2.10. The molecule has 0 aliphatic heterocycles. The van der Waals surface area contributed by atoms with Crippen LogP contribution < -0.4 is 10.6 Å². The van der Waals surface area contributed by atoms with Crippen LogP contribution in [0.2, 0.25) is 0 Å². The summed E-state index contributed by atoms with van der Waals surface area (Å²) in [6.07, 6.45) is 1.47. The van der Waals surface area contributed by atoms with E-state index in [1.165, 1.54) is 0 Å². The van der Waals surface area contributed by atoms with E-state index in [1.807, 2.05) is 0 Å². The first kappa shape index (κ1) is 12.9. The standard InChI is InChI=1S/C9H18N2O3/c1-7(10-2)9(14)11-6-4-3-5-8(12)13/h7,10H,3-6H2,1-2H3,(H,11,14)(H,12,13). The lowest BCUT2D eigenvalue weighted by molar-refractivity contribution is -0.137. The second-order valence-electron chi connectivity index (χ2n) is 3.15. The number of carbonyl (C=O) groups is 2. The van der Waals surface area contributed by atoms with Gasteiger partial charge < -0.3 is 15.7 Å². The Kier molecular flexibility index (Phi) is 6.74. The minimum Gasteiger partial charge on any atom is -0.481 e. The lowest BCUT2D eigenvalue weighted by Crippen LogP contribution is -2.40. The fourth-order valence-corrected chi connectivity index (χ4v) is 0.897. The summed E-state index contributed by atoms with van der Waals surface area (Å²) < 4.78 is 0. The van der Waals surface area contributed by atoms with Gasteiger partial charge in [-0.2, -0.15) is 0 Å². The van der Waals surface area contributed by atoms with Crippen molar-refractivity contribution in [1.29, 1.82) is 0 Å². The molecule has 0 aliphatic rings. The van der Waals surface area contributed by atoms with Gasteiger partial charge in [0, 0.05) is 13.0 Å². The molecule has 0 fully saturated rings. The molecule has 0 aromatic carbocycles. The van der Waals surface area contributed by atoms with Gasteiger partial charge in [-0.05, 0) is 26.8 Å². The maximum Gasteiger partial charge on any atom is 0.303 e. The van der Waals surface area contributed by atoms with E-state index in [2.05, 4.69) is 10.6 Å². The van der Waals surface area contributed by atoms with Crippen LogP contribution in [0.4, 0.5) is 0 Å². The van der Waals surface area contributed by atoms with Crippen molar-refractivity contribution in [3.63, 3.8) is 0 Å². The molecule has 82 valence electrons. The number of hydrogen-bond donors (Lipinski definition) is 3. The van der Waals surface area contributed by atoms with E-state index in [4.69, 9.17) is 5.11 Å². The monoisotopic (exact) mass is 202 g/mol. The minimum atomic E-state index is -0.792. The van der Waals surface area contributed by atoms with Gasteiger partial charge in [-0.15, -0.1) is 0 Å². The third kappa shape index (κ3) is 6.42. The smallest absolute Gasteiger partial charge is 0.303 e. The predicted molar refractivity (Wildman–Crippen MR) is 53.0 cm³/mol. The van der Waals surface area contributed by atoms with Crippen LogP contribution in [-0.2, 0) is 9.59 Å². The second kappa shape index (κ2) is 7.32. The lowest BCUT2D eigenvalue weighted by atomic mass is 10.2. The number of nitrogens with one attached hydrogen (secondary N) is 2. The van der Waals surface area contributed by atoms with Gasteiger partial charge in [-0.3, -0.25) is 9.59 Å². The zero-order valence-electron chi connectivity index (χ0n) is 8.67. The molecule has 1 amide bonds. The van der Waals surface area contributed by atoms with E-state index in [1.54, 1.807) is 14.0 Å². The van der Waals surface area contributed by atoms with E-state index in [0.717, 1.165) is 0 Å². The molecule has 0 saturated heterocycles. The first-order chi connectivity index (χ1) is 6.57. The molecule has 5 nitrogen and oxygen atoms in total. The molecular formula is C9H18N2O3. The maximum absolute atomic E-state index is 11.2. The van der Waals surface area contributed by atoms with E-state index in [-0.39, 0.29) is 18.4 Å². The van der Waals surface area contributed by atoms with Crippen LogP contribution in [-0.4, -0.2) is 36.6 Å². The molecule has 0 radical (unpaired) electrons. The summed E-state index contributed by atoms with van der Waals surface area (Å²) in [4.78, 5) is 21.3. The van der Waals surface area contributed by atoms with Crippen molar-refractivity contribution in [3.05, 3.63) is 0 Å². The molecule has 0 heterocycles. The molecule has 1 unspecified atom stereocenters. The molecule has 1 atom stereocenters. The number of likely N-dealkylation sites (N-methyl/N-ethyl adjacent to an activating group) is 1. The maximum atomic E-state index is 11.2. The zero-order valence-corrected chi connectivity index (χ0v) is 8.67. The summed E-state index contributed by atoms with van der Waals surface area (Å²) in [6, 6.07) is -0.200. The highest BCUT2D eigenvalue weighted by Crippen LogP contribution is 1.93. The average molecular weight is 202 g/mol. The van der Waals surface area contributed by atoms with Crippen LogP contribution in [0.1, 0.15) is 26.2 Å². The Balaban J connectivity index is 3.36. The molecule has 0 spiro atoms. The fraction of sp³-hybridized carbons (Fsp3) is 0.778. The van der Waals surface area contributed by atoms with Gasteiger partial charge in [0.25, 0.3) is 0 Å². The van der Waals surface area contributed by atoms with Crippen molar-refractivity contribution in [2.45, 2.75) is 32.2 Å². The highest BCUT2D eigenvalue weighted by atomic mass is 16.4. The van der Waals surface area contributed by atoms with E-state index >= 15 is 0 Å². The molecule has 5 heteroatoms. The van der Waals surface area contributed by atoms with Crippen molar-refractivity contribution in [2.75, 3.05) is 13.6 Å². The number of carboxylic acids is 1. The van der Waals surface area contributed by atoms with Crippen LogP contribution in [0.25, 0.3) is 0 Å². The summed E-state index contributed by atoms with van der Waals surface area (Å²) in [5.74, 6) is -0.845. The van der Waals surface area contributed by atoms with Gasteiger partial charge in [-0.1, -0.05) is 0 Å². The molecule has 0 rings (SSSR count). The Morgan fingerprint density at radius 1 is 1.36 bits per heavy atom. The van der Waals surface area contributed by atoms with Crippen molar-refractivity contribution in [2.24, 2.45) is 0 Å². The Hall–Kier alpha value is -1.10. The van der Waals surface area contributed by atoms with Crippen molar-refractivity contribution in [1.82, 2.24) is 10.6 Å². The van der Waals surface area contributed by atoms with Gasteiger partial charge in [0.1, 0.15) is 0 Å². The highest BCUT2D eigenvalue weighted by Gasteiger charge is 2.08. The highest BCUT2D eigenvalue weighted by molar-refractivity contribution is 5.81. The van der Waals surface area contributed by atoms with Crippen molar-refractivity contribution < 1.29 is 14.7 Å². The molecule has 0 aromatic heterocycles. The zero-order chi connectivity index (χ0) is 11.0. The average Bonchev–Trinajstić information content (AvgIpc) is 2.15. The van der Waals surface area contributed by atoms with Gasteiger partial charge in [0.05, 0.1) is 6.04 Å². The Labute approximate surface area is 83.9 Å². The van der Waals surface area contributed by atoms with Crippen LogP contribution in [0, 0.1) is 0 Å². The minimum absolute atomic E-state index is 0.0529. The number of hydrogen-bond acceptors (Lipinski definition) is 3. The SMILES string of the molecule is CNC(C)C(=O)NCCCCC(=O)O. The Morgan fingerprint density at radius 2 is 2.00 bits per heavy atom. The number of carboxylic acid groups (broad SMARTS) is 1. The van der Waals surface area contributed by atoms with Gasteiger partial charge in [0.15, 0.2) is 0 Å². The molecular weight excluding hydrogens is 184 g/mol. The predicted octanol–water partition coefficient (Wildman–Crippen LogP) is -0.0346. The summed E-state index contributed by atoms with van der Waals surface area (Å²) in [5, 5.41) is 13.9. The number of carbonyl (C=O) groups excluding carboxylic acids is 1. The van der Waals surface area contributed by atoms with Crippen LogP contribution in [0.3, 0.4) is 0 Å². The van der Waals surface area contributed by atoms with Gasteiger partial charge in [-0.25, -0.2) is 0 Å². The fourth-order valence-electron chi connectivity index (χ4n) is 0.897. The molecule has 0 aromatic rings.